The first-order chi connectivity index (χ1) is 35.5. The largest absolute Gasteiger partial charge is 0.497 e. The lowest BCUT2D eigenvalue weighted by Crippen LogP contribution is -2.12. The number of ether oxygens (including phenoxy) is 3. The number of anilines is 12. The standard InChI is InChI=1S/C64H54N4O3S/c1-69-61-39-31-57(32-40-61)67(58-33-41-62(70-2)42-34-58)55-27-23-53(24-28-55)65(49-11-7-5-8-12-49)51-19-15-47(16-20-51)48-17-21-52(22-18-48)66(50-13-9-6-10-14-50)54-25-29-56(30-26-54)68(59-35-43-63(71-3)44-36-59)60-37-45-64(72-4)46-38-60/h5-46H,1-4H3. The van der Waals surface area contributed by atoms with Crippen molar-refractivity contribution >= 4 is 80.0 Å². The van der Waals surface area contributed by atoms with Crippen molar-refractivity contribution in [2.75, 3.05) is 47.2 Å². The van der Waals surface area contributed by atoms with Crippen molar-refractivity contribution in [2.24, 2.45) is 0 Å². The van der Waals surface area contributed by atoms with E-state index in [0.717, 1.165) is 96.6 Å². The molecule has 0 aliphatic heterocycles. The number of hydrogen-bond donors (Lipinski definition) is 0. The molecule has 0 atom stereocenters. The normalized spacial score (nSPS) is 10.8. The van der Waals surface area contributed by atoms with Gasteiger partial charge in [0.1, 0.15) is 17.2 Å². The van der Waals surface area contributed by atoms with Gasteiger partial charge in [-0.2, -0.15) is 0 Å². The van der Waals surface area contributed by atoms with E-state index in [-0.39, 0.29) is 0 Å². The minimum absolute atomic E-state index is 0.806. The second-order valence-electron chi connectivity index (χ2n) is 16.9. The molecule has 0 aromatic heterocycles. The summed E-state index contributed by atoms with van der Waals surface area (Å²) < 4.78 is 16.5. The lowest BCUT2D eigenvalue weighted by atomic mass is 10.0. The smallest absolute Gasteiger partial charge is 0.119 e. The molecule has 10 rings (SSSR count). The molecule has 354 valence electrons. The van der Waals surface area contributed by atoms with Crippen molar-refractivity contribution in [3.63, 3.8) is 0 Å². The van der Waals surface area contributed by atoms with Crippen molar-refractivity contribution in [1.82, 2.24) is 0 Å². The number of nitrogens with zero attached hydrogens (tertiary/aromatic N) is 4. The van der Waals surface area contributed by atoms with Gasteiger partial charge in [-0.15, -0.1) is 11.8 Å². The molecule has 0 aliphatic rings. The summed E-state index contributed by atoms with van der Waals surface area (Å²) in [6.07, 6.45) is 2.10. The van der Waals surface area contributed by atoms with Gasteiger partial charge in [0.05, 0.1) is 21.3 Å². The monoisotopic (exact) mass is 958 g/mol. The predicted octanol–water partition coefficient (Wildman–Crippen LogP) is 18.0. The maximum Gasteiger partial charge on any atom is 0.119 e. The Balaban J connectivity index is 0.928. The first-order valence-electron chi connectivity index (χ1n) is 23.8. The van der Waals surface area contributed by atoms with Crippen LogP contribution >= 0.6 is 11.8 Å². The SMILES string of the molecule is COc1ccc(N(c2ccc(OC)cc2)c2ccc(N(c3ccccc3)c3ccc(-c4ccc(N(c5ccccc5)c5ccc(N(c6ccc(OC)cc6)c6ccc(SC)cc6)cc5)cc4)cc3)cc2)cc1. The molecule has 8 heteroatoms. The topological polar surface area (TPSA) is 40.7 Å². The van der Waals surface area contributed by atoms with Crippen LogP contribution in [0.25, 0.3) is 11.1 Å². The average Bonchev–Trinajstić information content (AvgIpc) is 3.46. The van der Waals surface area contributed by atoms with Gasteiger partial charge in [0.25, 0.3) is 0 Å². The zero-order valence-corrected chi connectivity index (χ0v) is 41.5. The van der Waals surface area contributed by atoms with Crippen molar-refractivity contribution in [3.05, 3.63) is 255 Å². The van der Waals surface area contributed by atoms with E-state index in [0.29, 0.717) is 0 Å². The number of methoxy groups -OCH3 is 3. The lowest BCUT2D eigenvalue weighted by molar-refractivity contribution is 0.414. The molecular weight excluding hydrogens is 905 g/mol. The van der Waals surface area contributed by atoms with Gasteiger partial charge in [0.15, 0.2) is 0 Å². The van der Waals surface area contributed by atoms with Gasteiger partial charge >= 0.3 is 0 Å². The maximum absolute atomic E-state index is 5.50. The van der Waals surface area contributed by atoms with E-state index in [1.165, 1.54) is 4.90 Å². The first-order valence-corrected chi connectivity index (χ1v) is 25.0. The van der Waals surface area contributed by atoms with Crippen molar-refractivity contribution in [1.29, 1.82) is 0 Å². The Morgan fingerprint density at radius 1 is 0.236 bits per heavy atom. The number of para-hydroxylation sites is 2. The summed E-state index contributed by atoms with van der Waals surface area (Å²) in [6.45, 7) is 0. The zero-order valence-electron chi connectivity index (χ0n) is 40.7. The third-order valence-corrected chi connectivity index (χ3v) is 13.4. The van der Waals surface area contributed by atoms with Crippen LogP contribution in [-0.4, -0.2) is 27.6 Å². The third kappa shape index (κ3) is 10.2. The highest BCUT2D eigenvalue weighted by molar-refractivity contribution is 7.98. The highest BCUT2D eigenvalue weighted by Gasteiger charge is 2.19. The summed E-state index contributed by atoms with van der Waals surface area (Å²) >= 11 is 1.74. The molecule has 72 heavy (non-hydrogen) atoms. The summed E-state index contributed by atoms with van der Waals surface area (Å²) in [7, 11) is 5.07. The molecule has 0 saturated heterocycles. The number of benzene rings is 10. The van der Waals surface area contributed by atoms with E-state index in [1.54, 1.807) is 33.1 Å². The molecule has 10 aromatic rings. The van der Waals surface area contributed by atoms with Crippen LogP contribution in [0.2, 0.25) is 0 Å². The van der Waals surface area contributed by atoms with E-state index in [2.05, 4.69) is 244 Å². The van der Waals surface area contributed by atoms with Crippen LogP contribution < -0.4 is 33.8 Å². The van der Waals surface area contributed by atoms with Gasteiger partial charge in [-0.25, -0.2) is 0 Å². The predicted molar refractivity (Wildman–Crippen MR) is 302 cm³/mol. The van der Waals surface area contributed by atoms with Crippen LogP contribution in [0.3, 0.4) is 0 Å². The van der Waals surface area contributed by atoms with Gasteiger partial charge in [0.2, 0.25) is 0 Å². The maximum atomic E-state index is 5.50. The molecule has 0 radical (unpaired) electrons. The van der Waals surface area contributed by atoms with E-state index < -0.39 is 0 Å². The number of thioether (sulfide) groups is 1. The summed E-state index contributed by atoms with van der Waals surface area (Å²) in [5.41, 5.74) is 14.8. The van der Waals surface area contributed by atoms with Crippen LogP contribution in [-0.2, 0) is 0 Å². The summed E-state index contributed by atoms with van der Waals surface area (Å²) in [6, 6.07) is 89.4. The Bertz CT molecular complexity index is 2960. The second-order valence-corrected chi connectivity index (χ2v) is 17.8. The van der Waals surface area contributed by atoms with Crippen molar-refractivity contribution in [2.45, 2.75) is 4.90 Å². The van der Waals surface area contributed by atoms with E-state index in [4.69, 9.17) is 14.2 Å². The van der Waals surface area contributed by atoms with Crippen LogP contribution in [0.4, 0.5) is 68.2 Å². The van der Waals surface area contributed by atoms with Crippen LogP contribution in [0, 0.1) is 0 Å². The fourth-order valence-electron chi connectivity index (χ4n) is 8.98. The second kappa shape index (κ2) is 21.8. The Morgan fingerprint density at radius 3 is 0.653 bits per heavy atom. The van der Waals surface area contributed by atoms with Gasteiger partial charge in [-0.05, 0) is 212 Å². The molecule has 0 saturated carbocycles. The van der Waals surface area contributed by atoms with Gasteiger partial charge in [-0.3, -0.25) is 0 Å². The Morgan fingerprint density at radius 2 is 0.431 bits per heavy atom. The Labute approximate surface area is 427 Å². The van der Waals surface area contributed by atoms with Gasteiger partial charge in [0, 0.05) is 73.1 Å². The van der Waals surface area contributed by atoms with Crippen LogP contribution in [0.5, 0.6) is 17.2 Å². The van der Waals surface area contributed by atoms with E-state index in [9.17, 15) is 0 Å². The fourth-order valence-corrected chi connectivity index (χ4v) is 9.38. The minimum Gasteiger partial charge on any atom is -0.497 e. The highest BCUT2D eigenvalue weighted by atomic mass is 32.2. The minimum atomic E-state index is 0.806. The Hall–Kier alpha value is -8.85. The molecule has 0 N–H and O–H groups in total. The van der Waals surface area contributed by atoms with Crippen LogP contribution in [0.1, 0.15) is 0 Å². The highest BCUT2D eigenvalue weighted by Crippen LogP contribution is 2.43. The molecule has 0 spiro atoms. The average molecular weight is 959 g/mol. The molecule has 0 aliphatic carbocycles. The van der Waals surface area contributed by atoms with Gasteiger partial charge < -0.3 is 33.8 Å². The molecule has 0 unspecified atom stereocenters. The lowest BCUT2D eigenvalue weighted by Gasteiger charge is -2.29. The third-order valence-electron chi connectivity index (χ3n) is 12.7. The molecule has 0 bridgehead atoms. The van der Waals surface area contributed by atoms with Gasteiger partial charge in [-0.1, -0.05) is 60.7 Å². The number of rotatable bonds is 17. The molecule has 7 nitrogen and oxygen atoms in total. The molecular formula is C64H54N4O3S. The van der Waals surface area contributed by atoms with Crippen molar-refractivity contribution < 1.29 is 14.2 Å². The first kappa shape index (κ1) is 46.9. The molecule has 0 fully saturated rings. The van der Waals surface area contributed by atoms with Crippen LogP contribution in [0.15, 0.2) is 260 Å². The number of hydrogen-bond acceptors (Lipinski definition) is 8. The van der Waals surface area contributed by atoms with E-state index >= 15 is 0 Å². The summed E-state index contributed by atoms with van der Waals surface area (Å²) in [5, 5.41) is 0. The summed E-state index contributed by atoms with van der Waals surface area (Å²) in [5.74, 6) is 2.43. The van der Waals surface area contributed by atoms with E-state index in [1.807, 2.05) is 36.4 Å². The van der Waals surface area contributed by atoms with Crippen molar-refractivity contribution in [3.8, 4) is 28.4 Å². The molecule has 10 aromatic carbocycles. The zero-order chi connectivity index (χ0) is 49.2. The fraction of sp³-hybridized carbons (Fsp3) is 0.0625. The Kier molecular flexibility index (Phi) is 14.2. The quantitative estimate of drug-likeness (QED) is 0.0836. The summed E-state index contributed by atoms with van der Waals surface area (Å²) in [4.78, 5) is 10.3. The molecule has 0 heterocycles. The molecule has 0 amide bonds.